The first-order valence-electron chi connectivity index (χ1n) is 12.4. The third-order valence-corrected chi connectivity index (χ3v) is 8.27. The topological polar surface area (TPSA) is 141 Å². The van der Waals surface area contributed by atoms with Gasteiger partial charge in [0.2, 0.25) is 5.91 Å². The van der Waals surface area contributed by atoms with Crippen molar-refractivity contribution in [3.63, 3.8) is 0 Å². The summed E-state index contributed by atoms with van der Waals surface area (Å²) in [5, 5.41) is 3.13. The number of imidazole rings is 1. The van der Waals surface area contributed by atoms with Crippen molar-refractivity contribution < 1.29 is 9.18 Å². The van der Waals surface area contributed by atoms with E-state index in [-0.39, 0.29) is 40.8 Å². The van der Waals surface area contributed by atoms with Crippen molar-refractivity contribution in [3.05, 3.63) is 57.1 Å². The van der Waals surface area contributed by atoms with Gasteiger partial charge in [-0.05, 0) is 56.1 Å². The molecule has 12 heteroatoms. The first-order chi connectivity index (χ1) is 17.4. The average Bonchev–Trinajstić information content (AvgIpc) is 3.39. The molecule has 0 spiro atoms. The van der Waals surface area contributed by atoms with Gasteiger partial charge in [0.05, 0.1) is 24.0 Å². The van der Waals surface area contributed by atoms with Crippen LogP contribution in [0.3, 0.4) is 0 Å². The molecule has 0 radical (unpaired) electrons. The molecule has 2 aliphatic rings. The van der Waals surface area contributed by atoms with Crippen LogP contribution in [0.25, 0.3) is 11.0 Å². The first-order valence-corrected chi connectivity index (χ1v) is 13.5. The lowest BCUT2D eigenvalue weighted by Crippen LogP contribution is -2.49. The predicted molar refractivity (Wildman–Crippen MR) is 136 cm³/mol. The number of amides is 1. The summed E-state index contributed by atoms with van der Waals surface area (Å²) >= 11 is 1.84. The van der Waals surface area contributed by atoms with Crippen LogP contribution >= 0.6 is 11.8 Å². The zero-order valence-electron chi connectivity index (χ0n) is 19.9. The normalized spacial score (nSPS) is 21.9. The Labute approximate surface area is 210 Å². The van der Waals surface area contributed by atoms with Gasteiger partial charge in [0.25, 0.3) is 5.56 Å². The molecule has 1 aliphatic heterocycles. The number of halogens is 1. The van der Waals surface area contributed by atoms with Crippen LogP contribution in [0.4, 0.5) is 4.39 Å². The number of carbonyl (C=O) groups is 1. The monoisotopic (exact) mass is 515 g/mol. The van der Waals surface area contributed by atoms with Gasteiger partial charge < -0.3 is 16.0 Å². The van der Waals surface area contributed by atoms with Crippen molar-refractivity contribution in [2.45, 2.75) is 69.1 Å². The maximum absolute atomic E-state index is 14.1. The van der Waals surface area contributed by atoms with Crippen LogP contribution in [0.5, 0.6) is 0 Å². The van der Waals surface area contributed by atoms with Crippen molar-refractivity contribution in [1.82, 2.24) is 29.4 Å². The number of hydrogen-bond acceptors (Lipinski definition) is 7. The van der Waals surface area contributed by atoms with Crippen molar-refractivity contribution in [2.75, 3.05) is 11.5 Å². The minimum Gasteiger partial charge on any atom is -0.352 e. The van der Waals surface area contributed by atoms with E-state index < -0.39 is 17.4 Å². The van der Waals surface area contributed by atoms with Gasteiger partial charge in [-0.2, -0.15) is 11.8 Å². The lowest BCUT2D eigenvalue weighted by Gasteiger charge is -2.32. The highest BCUT2D eigenvalue weighted by Crippen LogP contribution is 2.30. The number of rotatable bonds is 6. The number of thioether (sulfide) groups is 1. The second-order valence-electron chi connectivity index (χ2n) is 9.60. The van der Waals surface area contributed by atoms with Crippen molar-refractivity contribution in [2.24, 2.45) is 5.73 Å². The minimum absolute atomic E-state index is 0.0713. The standard InChI is InChI=1S/C24H30FN7O3S/c25-14-9-19-21(28-11-14)31(18-5-7-36-8-6-18)24(35)32(23(19)34)17-3-1-15(2-4-17)30-22(33)20(26)10-16-12-27-13-29-16/h9,11-13,15,17-18,20H,1-8,10,26H2,(H,27,29)(H,30,33)/t15?,17?,20-/m0/s1. The van der Waals surface area contributed by atoms with Gasteiger partial charge in [-0.3, -0.25) is 18.7 Å². The van der Waals surface area contributed by atoms with E-state index in [9.17, 15) is 18.8 Å². The molecule has 0 unspecified atom stereocenters. The number of pyridine rings is 1. The minimum atomic E-state index is -0.700. The number of nitrogens with zero attached hydrogens (tertiary/aromatic N) is 4. The van der Waals surface area contributed by atoms with Crippen LogP contribution in [-0.4, -0.2) is 53.6 Å². The largest absolute Gasteiger partial charge is 0.352 e. The summed E-state index contributed by atoms with van der Waals surface area (Å²) in [6.45, 7) is 0. The smallest absolute Gasteiger partial charge is 0.333 e. The van der Waals surface area contributed by atoms with Crippen molar-refractivity contribution >= 4 is 28.7 Å². The molecule has 192 valence electrons. The summed E-state index contributed by atoms with van der Waals surface area (Å²) < 4.78 is 17.0. The van der Waals surface area contributed by atoms with Crippen LogP contribution < -0.4 is 22.3 Å². The number of hydrogen-bond donors (Lipinski definition) is 3. The number of nitrogens with one attached hydrogen (secondary N) is 2. The molecule has 1 amide bonds. The molecular formula is C24H30FN7O3S. The molecule has 1 saturated heterocycles. The Morgan fingerprint density at radius 1 is 1.14 bits per heavy atom. The maximum Gasteiger partial charge on any atom is 0.333 e. The summed E-state index contributed by atoms with van der Waals surface area (Å²) in [6.07, 6.45) is 8.51. The number of H-pyrrole nitrogens is 1. The van der Waals surface area contributed by atoms with Crippen molar-refractivity contribution in [3.8, 4) is 0 Å². The quantitative estimate of drug-likeness (QED) is 0.453. The Hall–Kier alpha value is -2.99. The van der Waals surface area contributed by atoms with E-state index in [1.54, 1.807) is 17.1 Å². The molecule has 1 aliphatic carbocycles. The molecular weight excluding hydrogens is 485 g/mol. The number of fused-ring (bicyclic) bond motifs is 1. The van der Waals surface area contributed by atoms with Gasteiger partial charge >= 0.3 is 5.69 Å². The molecule has 0 bridgehead atoms. The molecule has 10 nitrogen and oxygen atoms in total. The Morgan fingerprint density at radius 2 is 1.86 bits per heavy atom. The van der Waals surface area contributed by atoms with E-state index in [4.69, 9.17) is 5.73 Å². The van der Waals surface area contributed by atoms with E-state index in [2.05, 4.69) is 20.3 Å². The summed E-state index contributed by atoms with van der Waals surface area (Å²) in [6, 6.07) is -0.00237. The molecule has 0 aromatic carbocycles. The summed E-state index contributed by atoms with van der Waals surface area (Å²) in [5.41, 5.74) is 6.21. The Bertz CT molecular complexity index is 1340. The van der Waals surface area contributed by atoms with Gasteiger partial charge in [0.1, 0.15) is 11.5 Å². The molecule has 3 aromatic heterocycles. The van der Waals surface area contributed by atoms with Gasteiger partial charge in [0.15, 0.2) is 0 Å². The molecule has 1 atom stereocenters. The van der Waals surface area contributed by atoms with E-state index in [0.717, 1.165) is 36.2 Å². The average molecular weight is 516 g/mol. The SMILES string of the molecule is N[C@@H](Cc1cnc[nH]1)C(=O)NC1CCC(n2c(=O)c3cc(F)cnc3n(C3CCSCC3)c2=O)CC1. The van der Waals surface area contributed by atoms with Gasteiger partial charge in [-0.1, -0.05) is 0 Å². The van der Waals surface area contributed by atoms with E-state index >= 15 is 0 Å². The third kappa shape index (κ3) is 4.96. The first kappa shape index (κ1) is 24.7. The van der Waals surface area contributed by atoms with E-state index in [0.29, 0.717) is 32.1 Å². The number of nitrogens with two attached hydrogens (primary N) is 1. The Kier molecular flexibility index (Phi) is 7.24. The zero-order chi connectivity index (χ0) is 25.2. The lowest BCUT2D eigenvalue weighted by molar-refractivity contribution is -0.123. The zero-order valence-corrected chi connectivity index (χ0v) is 20.7. The highest BCUT2D eigenvalue weighted by Gasteiger charge is 2.30. The highest BCUT2D eigenvalue weighted by molar-refractivity contribution is 7.99. The van der Waals surface area contributed by atoms with Gasteiger partial charge in [-0.15, -0.1) is 0 Å². The lowest BCUT2D eigenvalue weighted by atomic mass is 9.90. The second kappa shape index (κ2) is 10.6. The molecule has 3 aromatic rings. The fourth-order valence-corrected chi connectivity index (χ4v) is 6.39. The molecule has 36 heavy (non-hydrogen) atoms. The van der Waals surface area contributed by atoms with Gasteiger partial charge in [0, 0.05) is 36.4 Å². The highest BCUT2D eigenvalue weighted by atomic mass is 32.2. The number of carbonyl (C=O) groups excluding carboxylic acids is 1. The summed E-state index contributed by atoms with van der Waals surface area (Å²) in [5.74, 6) is 1.00. The van der Waals surface area contributed by atoms with Crippen LogP contribution in [-0.2, 0) is 11.2 Å². The van der Waals surface area contributed by atoms with Crippen LogP contribution in [0.15, 0.2) is 34.4 Å². The second-order valence-corrected chi connectivity index (χ2v) is 10.8. The number of aromatic nitrogens is 5. The van der Waals surface area contributed by atoms with Crippen LogP contribution in [0, 0.1) is 5.82 Å². The third-order valence-electron chi connectivity index (χ3n) is 7.22. The molecule has 1 saturated carbocycles. The Balaban J connectivity index is 1.35. The Morgan fingerprint density at radius 3 is 2.56 bits per heavy atom. The molecule has 5 rings (SSSR count). The van der Waals surface area contributed by atoms with Crippen LogP contribution in [0.2, 0.25) is 0 Å². The summed E-state index contributed by atoms with van der Waals surface area (Å²) in [7, 11) is 0. The van der Waals surface area contributed by atoms with Crippen LogP contribution in [0.1, 0.15) is 56.3 Å². The van der Waals surface area contributed by atoms with Gasteiger partial charge in [-0.25, -0.2) is 19.2 Å². The fraction of sp³-hybridized carbons (Fsp3) is 0.542. The fourth-order valence-electron chi connectivity index (χ4n) is 5.31. The van der Waals surface area contributed by atoms with E-state index in [1.807, 2.05) is 11.8 Å². The molecule has 2 fully saturated rings. The number of aromatic amines is 1. The predicted octanol–water partition coefficient (Wildman–Crippen LogP) is 1.66. The maximum atomic E-state index is 14.1. The summed E-state index contributed by atoms with van der Waals surface area (Å²) in [4.78, 5) is 50.7. The van der Waals surface area contributed by atoms with E-state index in [1.165, 1.54) is 10.6 Å². The molecule has 4 heterocycles. The van der Waals surface area contributed by atoms with Crippen molar-refractivity contribution in [1.29, 1.82) is 0 Å². The molecule has 4 N–H and O–H groups in total.